The Balaban J connectivity index is 1.63. The molecule has 0 unspecified atom stereocenters. The molecule has 4 heteroatoms. The van der Waals surface area contributed by atoms with Crippen LogP contribution in [0.25, 0.3) is 0 Å². The van der Waals surface area contributed by atoms with Gasteiger partial charge in [-0.05, 0) is 26.3 Å². The summed E-state index contributed by atoms with van der Waals surface area (Å²) in [6.45, 7) is 13.1. The maximum absolute atomic E-state index is 4.52. The summed E-state index contributed by atoms with van der Waals surface area (Å²) in [6.07, 6.45) is 3.99. The van der Waals surface area contributed by atoms with Gasteiger partial charge in [-0.3, -0.25) is 9.80 Å². The summed E-state index contributed by atoms with van der Waals surface area (Å²) in [7, 11) is 0. The van der Waals surface area contributed by atoms with Gasteiger partial charge in [0.05, 0.1) is 6.54 Å². The molecule has 2 heterocycles. The van der Waals surface area contributed by atoms with E-state index in [1.165, 1.54) is 11.4 Å². The second-order valence-corrected chi connectivity index (χ2v) is 7.06. The molecule has 0 bridgehead atoms. The summed E-state index contributed by atoms with van der Waals surface area (Å²) >= 11 is 0. The molecule has 1 aromatic carbocycles. The number of aromatic nitrogens is 2. The Hall–Kier alpha value is -1.65. The fourth-order valence-electron chi connectivity index (χ4n) is 3.50. The molecule has 0 aliphatic carbocycles. The van der Waals surface area contributed by atoms with Crippen LogP contribution in [0, 0.1) is 0 Å². The number of hydrogen-bond donors (Lipinski definition) is 0. The highest BCUT2D eigenvalue weighted by Crippen LogP contribution is 2.24. The average molecular weight is 312 g/mol. The van der Waals surface area contributed by atoms with Crippen molar-refractivity contribution in [3.05, 3.63) is 54.1 Å². The molecule has 1 aromatic heterocycles. The molecular weight excluding hydrogens is 284 g/mol. The largest absolute Gasteiger partial charge is 0.334 e. The summed E-state index contributed by atoms with van der Waals surface area (Å²) in [5.41, 5.74) is 1.58. The van der Waals surface area contributed by atoms with Crippen LogP contribution in [0.5, 0.6) is 0 Å². The first-order chi connectivity index (χ1) is 11.1. The van der Waals surface area contributed by atoms with Gasteiger partial charge in [-0.1, -0.05) is 30.3 Å². The van der Waals surface area contributed by atoms with Crippen molar-refractivity contribution in [1.82, 2.24) is 19.4 Å². The van der Waals surface area contributed by atoms with Gasteiger partial charge in [-0.15, -0.1) is 0 Å². The van der Waals surface area contributed by atoms with Crippen LogP contribution in [0.3, 0.4) is 0 Å². The van der Waals surface area contributed by atoms with Crippen LogP contribution in [0.15, 0.2) is 42.7 Å². The molecular formula is C19H28N4. The lowest BCUT2D eigenvalue weighted by Crippen LogP contribution is -2.58. The Kier molecular flexibility index (Phi) is 4.83. The van der Waals surface area contributed by atoms with Crippen LogP contribution < -0.4 is 0 Å². The van der Waals surface area contributed by atoms with Crippen molar-refractivity contribution in [3.63, 3.8) is 0 Å². The number of aryl methyl sites for hydroxylation is 1. The summed E-state index contributed by atoms with van der Waals surface area (Å²) in [6, 6.07) is 10.8. The molecule has 0 spiro atoms. The Labute approximate surface area is 139 Å². The first kappa shape index (κ1) is 16.2. The molecule has 3 rings (SSSR count). The smallest absolute Gasteiger partial charge is 0.122 e. The van der Waals surface area contributed by atoms with Gasteiger partial charge in [0.2, 0.25) is 0 Å². The van der Waals surface area contributed by atoms with Crippen molar-refractivity contribution >= 4 is 0 Å². The molecule has 0 saturated carbocycles. The van der Waals surface area contributed by atoms with Gasteiger partial charge >= 0.3 is 0 Å². The number of benzene rings is 1. The summed E-state index contributed by atoms with van der Waals surface area (Å²) in [4.78, 5) is 9.66. The number of imidazole rings is 1. The lowest BCUT2D eigenvalue weighted by molar-refractivity contribution is 0.00892. The van der Waals surface area contributed by atoms with Gasteiger partial charge in [0, 0.05) is 50.7 Å². The normalized spacial score (nSPS) is 19.1. The zero-order valence-electron chi connectivity index (χ0n) is 14.6. The maximum atomic E-state index is 4.52. The van der Waals surface area contributed by atoms with E-state index in [2.05, 4.69) is 76.7 Å². The second-order valence-electron chi connectivity index (χ2n) is 7.06. The Morgan fingerprint density at radius 3 is 2.57 bits per heavy atom. The second kappa shape index (κ2) is 6.85. The molecule has 0 radical (unpaired) electrons. The van der Waals surface area contributed by atoms with E-state index >= 15 is 0 Å². The topological polar surface area (TPSA) is 24.3 Å². The van der Waals surface area contributed by atoms with Crippen LogP contribution in [0.2, 0.25) is 0 Å². The maximum Gasteiger partial charge on any atom is 0.122 e. The Morgan fingerprint density at radius 1 is 1.09 bits per heavy atom. The molecule has 1 aliphatic heterocycles. The quantitative estimate of drug-likeness (QED) is 0.848. The van der Waals surface area contributed by atoms with E-state index in [1.54, 1.807) is 0 Å². The number of piperazine rings is 1. The third-order valence-corrected chi connectivity index (χ3v) is 4.88. The monoisotopic (exact) mass is 312 g/mol. The summed E-state index contributed by atoms with van der Waals surface area (Å²) < 4.78 is 2.24. The van der Waals surface area contributed by atoms with Gasteiger partial charge in [0.1, 0.15) is 5.82 Å². The number of rotatable bonds is 5. The molecule has 0 atom stereocenters. The molecule has 23 heavy (non-hydrogen) atoms. The molecule has 1 saturated heterocycles. The summed E-state index contributed by atoms with van der Waals surface area (Å²) in [5, 5.41) is 0. The number of hydrogen-bond acceptors (Lipinski definition) is 3. The van der Waals surface area contributed by atoms with Gasteiger partial charge in [0.25, 0.3) is 0 Å². The minimum atomic E-state index is 0.178. The number of nitrogens with zero attached hydrogens (tertiary/aromatic N) is 4. The molecule has 1 aliphatic rings. The van der Waals surface area contributed by atoms with Crippen LogP contribution in [-0.4, -0.2) is 44.5 Å². The van der Waals surface area contributed by atoms with E-state index in [0.717, 1.165) is 39.3 Å². The lowest BCUT2D eigenvalue weighted by atomic mass is 9.97. The van der Waals surface area contributed by atoms with Crippen LogP contribution >= 0.6 is 0 Å². The van der Waals surface area contributed by atoms with E-state index in [1.807, 2.05) is 6.20 Å². The third kappa shape index (κ3) is 3.82. The summed E-state index contributed by atoms with van der Waals surface area (Å²) in [5.74, 6) is 1.18. The molecule has 0 N–H and O–H groups in total. The molecule has 2 aromatic rings. The third-order valence-electron chi connectivity index (χ3n) is 4.88. The van der Waals surface area contributed by atoms with Gasteiger partial charge < -0.3 is 4.57 Å². The van der Waals surface area contributed by atoms with Crippen molar-refractivity contribution < 1.29 is 0 Å². The van der Waals surface area contributed by atoms with Crippen molar-refractivity contribution in [3.8, 4) is 0 Å². The van der Waals surface area contributed by atoms with Gasteiger partial charge in [-0.2, -0.15) is 0 Å². The van der Waals surface area contributed by atoms with Crippen molar-refractivity contribution in [1.29, 1.82) is 0 Å². The average Bonchev–Trinajstić information content (AvgIpc) is 2.98. The molecule has 0 amide bonds. The highest BCUT2D eigenvalue weighted by atomic mass is 15.3. The minimum absolute atomic E-state index is 0.178. The van der Waals surface area contributed by atoms with Crippen LogP contribution in [0.1, 0.15) is 32.2 Å². The van der Waals surface area contributed by atoms with E-state index in [9.17, 15) is 0 Å². The van der Waals surface area contributed by atoms with E-state index in [4.69, 9.17) is 0 Å². The zero-order valence-corrected chi connectivity index (χ0v) is 14.6. The van der Waals surface area contributed by atoms with E-state index in [0.29, 0.717) is 0 Å². The molecule has 4 nitrogen and oxygen atoms in total. The molecule has 1 fully saturated rings. The van der Waals surface area contributed by atoms with Crippen LogP contribution in [0.4, 0.5) is 0 Å². The fraction of sp³-hybridized carbons (Fsp3) is 0.526. The Bertz CT molecular complexity index is 617. The predicted molar refractivity (Wildman–Crippen MR) is 94.1 cm³/mol. The minimum Gasteiger partial charge on any atom is -0.334 e. The van der Waals surface area contributed by atoms with Crippen molar-refractivity contribution in [2.75, 3.05) is 19.6 Å². The standard InChI is InChI=1S/C19H28N4/c1-4-22-11-10-20-18(22)15-21-12-13-23(19(2,3)16-21)14-17-8-6-5-7-9-17/h5-11H,4,12-16H2,1-3H3. The lowest BCUT2D eigenvalue weighted by Gasteiger charge is -2.47. The fourth-order valence-corrected chi connectivity index (χ4v) is 3.50. The van der Waals surface area contributed by atoms with Crippen molar-refractivity contribution in [2.45, 2.75) is 45.9 Å². The highest BCUT2D eigenvalue weighted by molar-refractivity contribution is 5.15. The first-order valence-corrected chi connectivity index (χ1v) is 8.60. The first-order valence-electron chi connectivity index (χ1n) is 8.60. The Morgan fingerprint density at radius 2 is 1.87 bits per heavy atom. The van der Waals surface area contributed by atoms with Crippen LogP contribution in [-0.2, 0) is 19.6 Å². The molecule has 124 valence electrons. The van der Waals surface area contributed by atoms with E-state index in [-0.39, 0.29) is 5.54 Å². The van der Waals surface area contributed by atoms with Gasteiger partial charge in [-0.25, -0.2) is 4.98 Å². The SMILES string of the molecule is CCn1ccnc1CN1CCN(Cc2ccccc2)C(C)(C)C1. The van der Waals surface area contributed by atoms with Gasteiger partial charge in [0.15, 0.2) is 0 Å². The van der Waals surface area contributed by atoms with Crippen molar-refractivity contribution in [2.24, 2.45) is 0 Å². The predicted octanol–water partition coefficient (Wildman–Crippen LogP) is 3.00. The zero-order chi connectivity index (χ0) is 16.3. The van der Waals surface area contributed by atoms with E-state index < -0.39 is 0 Å². The highest BCUT2D eigenvalue weighted by Gasteiger charge is 2.33.